The van der Waals surface area contributed by atoms with Gasteiger partial charge in [0.15, 0.2) is 0 Å². The second-order valence-corrected chi connectivity index (χ2v) is 6.44. The number of carbonyl (C=O) groups is 1. The molecule has 144 valence electrons. The van der Waals surface area contributed by atoms with Gasteiger partial charge in [-0.3, -0.25) is 9.78 Å². The molecule has 1 heterocycles. The Morgan fingerprint density at radius 3 is 2.46 bits per heavy atom. The molecule has 28 heavy (non-hydrogen) atoms. The first-order chi connectivity index (χ1) is 13.7. The van der Waals surface area contributed by atoms with Crippen LogP contribution in [0.4, 0.5) is 5.69 Å². The monoisotopic (exact) mass is 375 g/mol. The maximum absolute atomic E-state index is 12.9. The molecule has 1 amide bonds. The van der Waals surface area contributed by atoms with Crippen molar-refractivity contribution >= 4 is 11.6 Å². The quantitative estimate of drug-likeness (QED) is 0.635. The molecule has 0 spiro atoms. The van der Waals surface area contributed by atoms with E-state index in [-0.39, 0.29) is 5.91 Å². The summed E-state index contributed by atoms with van der Waals surface area (Å²) in [5, 5.41) is 3.35. The highest BCUT2D eigenvalue weighted by Crippen LogP contribution is 2.15. The predicted octanol–water partition coefficient (Wildman–Crippen LogP) is 4.36. The van der Waals surface area contributed by atoms with E-state index in [2.05, 4.69) is 10.3 Å². The zero-order valence-corrected chi connectivity index (χ0v) is 16.3. The molecule has 0 radical (unpaired) electrons. The molecule has 3 rings (SSSR count). The van der Waals surface area contributed by atoms with Gasteiger partial charge >= 0.3 is 0 Å². The highest BCUT2D eigenvalue weighted by Gasteiger charge is 2.16. The lowest BCUT2D eigenvalue weighted by Crippen LogP contribution is -2.31. The van der Waals surface area contributed by atoms with Crippen LogP contribution in [0, 0.1) is 0 Å². The summed E-state index contributed by atoms with van der Waals surface area (Å²) in [6.07, 6.45) is 1.67. The Morgan fingerprint density at radius 2 is 1.79 bits per heavy atom. The van der Waals surface area contributed by atoms with Crippen molar-refractivity contribution in [3.8, 4) is 5.75 Å². The zero-order valence-electron chi connectivity index (χ0n) is 16.3. The van der Waals surface area contributed by atoms with E-state index in [1.165, 1.54) is 0 Å². The Bertz CT molecular complexity index is 895. The van der Waals surface area contributed by atoms with Gasteiger partial charge in [0.1, 0.15) is 11.4 Å². The predicted molar refractivity (Wildman–Crippen MR) is 111 cm³/mol. The maximum Gasteiger partial charge on any atom is 0.272 e. The van der Waals surface area contributed by atoms with Crippen molar-refractivity contribution in [1.29, 1.82) is 0 Å². The molecular formula is C23H25N3O2. The summed E-state index contributed by atoms with van der Waals surface area (Å²) in [7, 11) is 1.65. The van der Waals surface area contributed by atoms with Crippen molar-refractivity contribution in [1.82, 2.24) is 9.88 Å². The number of nitrogens with one attached hydrogen (secondary N) is 1. The number of benzene rings is 2. The third kappa shape index (κ3) is 5.10. The molecule has 0 aliphatic heterocycles. The minimum Gasteiger partial charge on any atom is -0.497 e. The van der Waals surface area contributed by atoms with Crippen molar-refractivity contribution < 1.29 is 9.53 Å². The molecule has 0 saturated carbocycles. The van der Waals surface area contributed by atoms with Gasteiger partial charge in [-0.15, -0.1) is 0 Å². The van der Waals surface area contributed by atoms with Gasteiger partial charge in [-0.1, -0.05) is 42.5 Å². The fourth-order valence-electron chi connectivity index (χ4n) is 2.90. The van der Waals surface area contributed by atoms with E-state index in [1.807, 2.05) is 67.6 Å². The Hall–Kier alpha value is -3.34. The fraction of sp³-hybridized carbons (Fsp3) is 0.217. The van der Waals surface area contributed by atoms with Crippen LogP contribution in [-0.2, 0) is 13.1 Å². The number of methoxy groups -OCH3 is 1. The van der Waals surface area contributed by atoms with E-state index in [0.29, 0.717) is 25.3 Å². The summed E-state index contributed by atoms with van der Waals surface area (Å²) in [6, 6.07) is 21.5. The second-order valence-electron chi connectivity index (χ2n) is 6.44. The third-order valence-corrected chi connectivity index (χ3v) is 4.52. The lowest BCUT2D eigenvalue weighted by atomic mass is 10.2. The molecule has 1 aromatic heterocycles. The zero-order chi connectivity index (χ0) is 19.8. The van der Waals surface area contributed by atoms with Crippen LogP contribution in [0.3, 0.4) is 0 Å². The van der Waals surface area contributed by atoms with Gasteiger partial charge < -0.3 is 15.0 Å². The molecule has 5 nitrogen and oxygen atoms in total. The van der Waals surface area contributed by atoms with E-state index >= 15 is 0 Å². The van der Waals surface area contributed by atoms with Crippen molar-refractivity contribution in [2.45, 2.75) is 20.0 Å². The molecule has 0 bridgehead atoms. The normalized spacial score (nSPS) is 10.4. The topological polar surface area (TPSA) is 54.5 Å². The summed E-state index contributed by atoms with van der Waals surface area (Å²) in [6.45, 7) is 3.83. The third-order valence-electron chi connectivity index (χ3n) is 4.52. The summed E-state index contributed by atoms with van der Waals surface area (Å²) in [5.41, 5.74) is 3.54. The molecule has 0 fully saturated rings. The maximum atomic E-state index is 12.9. The number of hydrogen-bond acceptors (Lipinski definition) is 4. The van der Waals surface area contributed by atoms with Crippen LogP contribution in [0.5, 0.6) is 5.75 Å². The van der Waals surface area contributed by atoms with Crippen LogP contribution >= 0.6 is 0 Å². The van der Waals surface area contributed by atoms with Gasteiger partial charge in [-0.25, -0.2) is 0 Å². The molecule has 1 N–H and O–H groups in total. The second kappa shape index (κ2) is 9.55. The fourth-order valence-corrected chi connectivity index (χ4v) is 2.90. The first kappa shape index (κ1) is 19.4. The van der Waals surface area contributed by atoms with Crippen LogP contribution in [0.15, 0.2) is 72.9 Å². The number of nitrogens with zero attached hydrogens (tertiary/aromatic N) is 2. The number of anilines is 1. The van der Waals surface area contributed by atoms with E-state index < -0.39 is 0 Å². The number of rotatable bonds is 8. The number of carbonyl (C=O) groups excluding carboxylic acids is 1. The Labute approximate surface area is 166 Å². The number of pyridine rings is 1. The summed E-state index contributed by atoms with van der Waals surface area (Å²) in [5.74, 6) is 0.762. The van der Waals surface area contributed by atoms with Gasteiger partial charge in [-0.05, 0) is 42.3 Å². The molecule has 3 aromatic rings. The van der Waals surface area contributed by atoms with Crippen LogP contribution in [0.1, 0.15) is 28.5 Å². The number of aromatic nitrogens is 1. The summed E-state index contributed by atoms with van der Waals surface area (Å²) >= 11 is 0. The highest BCUT2D eigenvalue weighted by atomic mass is 16.5. The largest absolute Gasteiger partial charge is 0.497 e. The summed E-state index contributed by atoms with van der Waals surface area (Å²) in [4.78, 5) is 19.0. The van der Waals surface area contributed by atoms with Gasteiger partial charge in [0, 0.05) is 31.5 Å². The van der Waals surface area contributed by atoms with Crippen LogP contribution in [0.2, 0.25) is 0 Å². The first-order valence-corrected chi connectivity index (χ1v) is 9.35. The van der Waals surface area contributed by atoms with Crippen molar-refractivity contribution in [3.63, 3.8) is 0 Å². The van der Waals surface area contributed by atoms with E-state index in [1.54, 1.807) is 24.3 Å². The van der Waals surface area contributed by atoms with Gasteiger partial charge in [0.05, 0.1) is 7.11 Å². The first-order valence-electron chi connectivity index (χ1n) is 9.35. The molecule has 5 heteroatoms. The molecule has 0 aliphatic carbocycles. The average molecular weight is 375 g/mol. The average Bonchev–Trinajstić information content (AvgIpc) is 2.77. The lowest BCUT2D eigenvalue weighted by Gasteiger charge is -2.21. The van der Waals surface area contributed by atoms with Crippen molar-refractivity contribution in [2.75, 3.05) is 19.0 Å². The number of amides is 1. The molecule has 0 aliphatic rings. The van der Waals surface area contributed by atoms with Gasteiger partial charge in [0.2, 0.25) is 0 Å². The lowest BCUT2D eigenvalue weighted by molar-refractivity contribution is 0.0746. The molecule has 0 atom stereocenters. The van der Waals surface area contributed by atoms with Crippen molar-refractivity contribution in [3.05, 3.63) is 89.7 Å². The molecule has 0 unspecified atom stereocenters. The Kier molecular flexibility index (Phi) is 6.63. The van der Waals surface area contributed by atoms with Crippen LogP contribution in [-0.4, -0.2) is 29.4 Å². The molecular weight excluding hydrogens is 350 g/mol. The van der Waals surface area contributed by atoms with E-state index in [0.717, 1.165) is 22.6 Å². The van der Waals surface area contributed by atoms with E-state index in [4.69, 9.17) is 4.74 Å². The molecule has 2 aromatic carbocycles. The SMILES string of the molecule is CCN(Cc1ccccc1)C(=O)c1cc(NCc2ccc(OC)cc2)ccn1. The Balaban J connectivity index is 1.66. The minimum atomic E-state index is -0.0700. The van der Waals surface area contributed by atoms with Crippen molar-refractivity contribution in [2.24, 2.45) is 0 Å². The minimum absolute atomic E-state index is 0.0700. The number of hydrogen-bond donors (Lipinski definition) is 1. The Morgan fingerprint density at radius 1 is 1.04 bits per heavy atom. The van der Waals surface area contributed by atoms with Gasteiger partial charge in [0.25, 0.3) is 5.91 Å². The number of ether oxygens (including phenoxy) is 1. The van der Waals surface area contributed by atoms with E-state index in [9.17, 15) is 4.79 Å². The summed E-state index contributed by atoms with van der Waals surface area (Å²) < 4.78 is 5.18. The van der Waals surface area contributed by atoms with Crippen LogP contribution < -0.4 is 10.1 Å². The van der Waals surface area contributed by atoms with Gasteiger partial charge in [-0.2, -0.15) is 0 Å². The highest BCUT2D eigenvalue weighted by molar-refractivity contribution is 5.93. The van der Waals surface area contributed by atoms with Crippen LogP contribution in [0.25, 0.3) is 0 Å². The molecule has 0 saturated heterocycles. The smallest absolute Gasteiger partial charge is 0.272 e. The standard InChI is InChI=1S/C23H25N3O2/c1-3-26(17-19-7-5-4-6-8-19)23(27)22-15-20(13-14-24-22)25-16-18-9-11-21(28-2)12-10-18/h4-15H,3,16-17H2,1-2H3,(H,24,25).